The fourth-order valence-electron chi connectivity index (χ4n) is 2.18. The van der Waals surface area contributed by atoms with E-state index in [-0.39, 0.29) is 30.0 Å². The first kappa shape index (κ1) is 17.9. The van der Waals surface area contributed by atoms with E-state index in [1.54, 1.807) is 24.3 Å². The maximum atomic E-state index is 12.3. The number of sulfonamides is 1. The van der Waals surface area contributed by atoms with Gasteiger partial charge in [0.25, 0.3) is 5.91 Å². The second kappa shape index (κ2) is 7.41. The van der Waals surface area contributed by atoms with Crippen LogP contribution in [0.4, 0.5) is 0 Å². The molecule has 1 amide bonds. The van der Waals surface area contributed by atoms with Crippen molar-refractivity contribution >= 4 is 32.7 Å². The van der Waals surface area contributed by atoms with E-state index in [0.29, 0.717) is 0 Å². The highest BCUT2D eigenvalue weighted by Gasteiger charge is 2.17. The number of aromatic carboxylic acids is 1. The molecule has 3 N–H and O–H groups in total. The Hall–Kier alpha value is -2.45. The molecule has 0 atom stereocenters. The van der Waals surface area contributed by atoms with Crippen LogP contribution in [-0.2, 0) is 10.0 Å². The van der Waals surface area contributed by atoms with Crippen LogP contribution in [0.2, 0.25) is 0 Å². The normalized spacial score (nSPS) is 11.4. The molecular weight excluding hydrogens is 332 g/mol. The smallest absolute Gasteiger partial charge is 0.336 e. The van der Waals surface area contributed by atoms with Crippen molar-refractivity contribution in [3.05, 3.63) is 47.5 Å². The highest BCUT2D eigenvalue weighted by Crippen LogP contribution is 2.20. The molecule has 0 radical (unpaired) electrons. The number of fused-ring (bicyclic) bond motifs is 1. The third-order valence-electron chi connectivity index (χ3n) is 3.47. The summed E-state index contributed by atoms with van der Waals surface area (Å²) in [6, 6.07) is 10.1. The summed E-state index contributed by atoms with van der Waals surface area (Å²) < 4.78 is 24.9. The topological polar surface area (TPSA) is 113 Å². The zero-order chi connectivity index (χ0) is 17.7. The standard InChI is InChI=1S/C16H18N2O5S/c1-2-24(22,23)18-8-7-17-15(19)13-9-11-5-3-4-6-12(11)10-14(13)16(20)21/h3-6,9-10,18H,2,7-8H2,1H3,(H,17,19)(H,20,21). The Kier molecular flexibility index (Phi) is 5.53. The molecule has 2 aromatic rings. The first-order valence-corrected chi connectivity index (χ1v) is 9.01. The van der Waals surface area contributed by atoms with Gasteiger partial charge in [-0.25, -0.2) is 17.9 Å². The summed E-state index contributed by atoms with van der Waals surface area (Å²) in [6.07, 6.45) is 0. The quantitative estimate of drug-likeness (QED) is 0.650. The molecule has 0 aliphatic carbocycles. The Morgan fingerprint density at radius 3 is 2.17 bits per heavy atom. The van der Waals surface area contributed by atoms with Crippen LogP contribution in [0, 0.1) is 0 Å². The minimum Gasteiger partial charge on any atom is -0.478 e. The zero-order valence-electron chi connectivity index (χ0n) is 13.1. The summed E-state index contributed by atoms with van der Waals surface area (Å²) >= 11 is 0. The Morgan fingerprint density at radius 2 is 1.62 bits per heavy atom. The van der Waals surface area contributed by atoms with E-state index in [1.165, 1.54) is 19.1 Å². The predicted octanol–water partition coefficient (Wildman–Crippen LogP) is 1.21. The van der Waals surface area contributed by atoms with Gasteiger partial charge < -0.3 is 10.4 Å². The fourth-order valence-corrected chi connectivity index (χ4v) is 2.80. The van der Waals surface area contributed by atoms with Gasteiger partial charge in [0.1, 0.15) is 0 Å². The maximum Gasteiger partial charge on any atom is 0.336 e. The van der Waals surface area contributed by atoms with Gasteiger partial charge in [-0.3, -0.25) is 4.79 Å². The van der Waals surface area contributed by atoms with E-state index in [4.69, 9.17) is 0 Å². The summed E-state index contributed by atoms with van der Waals surface area (Å²) in [6.45, 7) is 1.61. The Balaban J connectivity index is 2.16. The number of carbonyl (C=O) groups is 2. The maximum absolute atomic E-state index is 12.3. The van der Waals surface area contributed by atoms with Crippen molar-refractivity contribution in [3.8, 4) is 0 Å². The lowest BCUT2D eigenvalue weighted by molar-refractivity contribution is 0.0691. The number of rotatable bonds is 7. The largest absolute Gasteiger partial charge is 0.478 e. The monoisotopic (exact) mass is 350 g/mol. The number of carboxylic acid groups (broad SMARTS) is 1. The second-order valence-electron chi connectivity index (χ2n) is 5.10. The molecule has 2 aromatic carbocycles. The van der Waals surface area contributed by atoms with Crippen molar-refractivity contribution in [1.82, 2.24) is 10.0 Å². The molecule has 8 heteroatoms. The third-order valence-corrected chi connectivity index (χ3v) is 4.88. The van der Waals surface area contributed by atoms with E-state index in [1.807, 2.05) is 0 Å². The highest BCUT2D eigenvalue weighted by atomic mass is 32.2. The van der Waals surface area contributed by atoms with Crippen molar-refractivity contribution in [2.45, 2.75) is 6.92 Å². The molecule has 0 heterocycles. The summed E-state index contributed by atoms with van der Waals surface area (Å²) in [5.74, 6) is -1.80. The van der Waals surface area contributed by atoms with Gasteiger partial charge in [0.05, 0.1) is 16.9 Å². The molecule has 0 spiro atoms. The van der Waals surface area contributed by atoms with Crippen LogP contribution in [0.3, 0.4) is 0 Å². The summed E-state index contributed by atoms with van der Waals surface area (Å²) in [4.78, 5) is 23.7. The SMILES string of the molecule is CCS(=O)(=O)NCCNC(=O)c1cc2ccccc2cc1C(=O)O. The highest BCUT2D eigenvalue weighted by molar-refractivity contribution is 7.89. The van der Waals surface area contributed by atoms with Crippen LogP contribution in [0.25, 0.3) is 10.8 Å². The van der Waals surface area contributed by atoms with Crippen LogP contribution < -0.4 is 10.0 Å². The van der Waals surface area contributed by atoms with Crippen LogP contribution in [0.5, 0.6) is 0 Å². The number of hydrogen-bond donors (Lipinski definition) is 3. The molecule has 0 aromatic heterocycles. The van der Waals surface area contributed by atoms with Crippen LogP contribution in [-0.4, -0.2) is 44.2 Å². The minimum absolute atomic E-state index is 0.0396. The minimum atomic E-state index is -3.33. The number of carboxylic acids is 1. The summed E-state index contributed by atoms with van der Waals surface area (Å²) in [7, 11) is -3.33. The van der Waals surface area contributed by atoms with Crippen molar-refractivity contribution in [2.75, 3.05) is 18.8 Å². The molecule has 0 bridgehead atoms. The molecule has 128 valence electrons. The predicted molar refractivity (Wildman–Crippen MR) is 90.7 cm³/mol. The van der Waals surface area contributed by atoms with Crippen LogP contribution in [0.15, 0.2) is 36.4 Å². The molecule has 0 saturated carbocycles. The molecule has 0 fully saturated rings. The van der Waals surface area contributed by atoms with Gasteiger partial charge in [0, 0.05) is 13.1 Å². The molecule has 2 rings (SSSR count). The van der Waals surface area contributed by atoms with Gasteiger partial charge in [-0.15, -0.1) is 0 Å². The third kappa shape index (κ3) is 4.30. The lowest BCUT2D eigenvalue weighted by Crippen LogP contribution is -2.35. The van der Waals surface area contributed by atoms with Crippen molar-refractivity contribution in [1.29, 1.82) is 0 Å². The van der Waals surface area contributed by atoms with Crippen LogP contribution >= 0.6 is 0 Å². The Labute approximate surface area is 139 Å². The molecule has 24 heavy (non-hydrogen) atoms. The average Bonchev–Trinajstić information content (AvgIpc) is 2.57. The molecule has 7 nitrogen and oxygen atoms in total. The fraction of sp³-hybridized carbons (Fsp3) is 0.250. The molecule has 0 saturated heterocycles. The average molecular weight is 350 g/mol. The Morgan fingerprint density at radius 1 is 1.04 bits per heavy atom. The lowest BCUT2D eigenvalue weighted by Gasteiger charge is -2.10. The molecule has 0 aliphatic heterocycles. The molecule has 0 unspecified atom stereocenters. The number of carbonyl (C=O) groups excluding carboxylic acids is 1. The summed E-state index contributed by atoms with van der Waals surface area (Å²) in [5, 5.41) is 13.3. The Bertz CT molecular complexity index is 877. The van der Waals surface area contributed by atoms with Crippen molar-refractivity contribution in [3.63, 3.8) is 0 Å². The number of nitrogens with one attached hydrogen (secondary N) is 2. The molecule has 0 aliphatic rings. The van der Waals surface area contributed by atoms with Crippen molar-refractivity contribution in [2.24, 2.45) is 0 Å². The van der Waals surface area contributed by atoms with E-state index >= 15 is 0 Å². The van der Waals surface area contributed by atoms with E-state index < -0.39 is 21.9 Å². The van der Waals surface area contributed by atoms with Gasteiger partial charge in [-0.05, 0) is 29.8 Å². The van der Waals surface area contributed by atoms with E-state index in [2.05, 4.69) is 10.0 Å². The summed E-state index contributed by atoms with van der Waals surface area (Å²) in [5.41, 5.74) is -0.0557. The zero-order valence-corrected chi connectivity index (χ0v) is 13.9. The van der Waals surface area contributed by atoms with Gasteiger partial charge in [0.2, 0.25) is 10.0 Å². The van der Waals surface area contributed by atoms with Gasteiger partial charge >= 0.3 is 5.97 Å². The van der Waals surface area contributed by atoms with Gasteiger partial charge in [-0.1, -0.05) is 24.3 Å². The first-order chi connectivity index (χ1) is 11.3. The van der Waals surface area contributed by atoms with E-state index in [9.17, 15) is 23.1 Å². The van der Waals surface area contributed by atoms with Gasteiger partial charge in [-0.2, -0.15) is 0 Å². The lowest BCUT2D eigenvalue weighted by atomic mass is 10.0. The molecular formula is C16H18N2O5S. The van der Waals surface area contributed by atoms with Gasteiger partial charge in [0.15, 0.2) is 0 Å². The van der Waals surface area contributed by atoms with Crippen LogP contribution in [0.1, 0.15) is 27.6 Å². The first-order valence-electron chi connectivity index (χ1n) is 7.35. The number of benzene rings is 2. The van der Waals surface area contributed by atoms with Crippen molar-refractivity contribution < 1.29 is 23.1 Å². The number of amides is 1. The number of hydrogen-bond acceptors (Lipinski definition) is 4. The van der Waals surface area contributed by atoms with E-state index in [0.717, 1.165) is 10.8 Å². The second-order valence-corrected chi connectivity index (χ2v) is 7.20.